The van der Waals surface area contributed by atoms with Crippen molar-refractivity contribution in [2.45, 2.75) is 56.5 Å². The minimum atomic E-state index is -3.37. The third kappa shape index (κ3) is 5.70. The van der Waals surface area contributed by atoms with E-state index < -0.39 is 21.1 Å². The molecule has 0 saturated heterocycles. The van der Waals surface area contributed by atoms with Crippen molar-refractivity contribution in [1.29, 1.82) is 0 Å². The Morgan fingerprint density at radius 3 is 2.49 bits per heavy atom. The van der Waals surface area contributed by atoms with E-state index in [0.717, 1.165) is 17.3 Å². The van der Waals surface area contributed by atoms with E-state index in [1.807, 2.05) is 31.2 Å². The van der Waals surface area contributed by atoms with Gasteiger partial charge in [0.05, 0.1) is 47.3 Å². The summed E-state index contributed by atoms with van der Waals surface area (Å²) in [6, 6.07) is 7.29. The van der Waals surface area contributed by atoms with Gasteiger partial charge in [-0.2, -0.15) is 0 Å². The van der Waals surface area contributed by atoms with E-state index in [1.54, 1.807) is 26.2 Å². The fraction of sp³-hybridized carbons (Fsp3) is 0.400. The van der Waals surface area contributed by atoms with Crippen LogP contribution in [0.3, 0.4) is 0 Å². The summed E-state index contributed by atoms with van der Waals surface area (Å²) in [7, 11) is -3.37. The third-order valence-corrected chi connectivity index (χ3v) is 8.11. The van der Waals surface area contributed by atoms with Crippen molar-refractivity contribution in [3.05, 3.63) is 65.8 Å². The van der Waals surface area contributed by atoms with E-state index in [4.69, 9.17) is 4.74 Å². The molecule has 0 spiro atoms. The highest BCUT2D eigenvalue weighted by molar-refractivity contribution is 7.91. The Kier molecular flexibility index (Phi) is 6.93. The van der Waals surface area contributed by atoms with Gasteiger partial charge in [0.2, 0.25) is 5.88 Å². The summed E-state index contributed by atoms with van der Waals surface area (Å²) in [5, 5.41) is -0.371. The van der Waals surface area contributed by atoms with Crippen molar-refractivity contribution in [1.82, 2.24) is 19.9 Å². The van der Waals surface area contributed by atoms with Crippen molar-refractivity contribution in [3.63, 3.8) is 0 Å². The normalized spacial score (nSPS) is 14.1. The van der Waals surface area contributed by atoms with Gasteiger partial charge in [0, 0.05) is 12.0 Å². The summed E-state index contributed by atoms with van der Waals surface area (Å²) in [5.41, 5.74) is 0.829. The Morgan fingerprint density at radius 1 is 1.11 bits per heavy atom. The zero-order chi connectivity index (χ0) is 25.2. The number of halogens is 1. The topological polar surface area (TPSA) is 112 Å². The van der Waals surface area contributed by atoms with Gasteiger partial charge in [0.25, 0.3) is 0 Å². The third-order valence-electron chi connectivity index (χ3n) is 5.96. The van der Waals surface area contributed by atoms with Gasteiger partial charge >= 0.3 is 0 Å². The minimum Gasteiger partial charge on any atom is -0.477 e. The number of aromatic nitrogens is 4. The predicted molar refractivity (Wildman–Crippen MR) is 128 cm³/mol. The molecule has 0 amide bonds. The zero-order valence-electron chi connectivity index (χ0n) is 19.9. The standard InChI is InChI=1S/C25H27FN4O4S/c1-4-34-23-14-27-13-20(29-23)17-7-5-16(6-8-17)11-21(31)25(2,3)24-19(26)12-28-22(30-24)15-35(32,33)18-9-10-18/h5-8,12-14,18H,4,9-11,15H2,1-3H3. The molecule has 4 rings (SSSR count). The number of Topliss-reactive ketones (excluding diaryl/α,β-unsaturated/α-hetero) is 1. The van der Waals surface area contributed by atoms with Crippen molar-refractivity contribution >= 4 is 15.6 Å². The first-order valence-corrected chi connectivity index (χ1v) is 13.1. The fourth-order valence-electron chi connectivity index (χ4n) is 3.67. The Labute approximate surface area is 203 Å². The Morgan fingerprint density at radius 2 is 1.83 bits per heavy atom. The van der Waals surface area contributed by atoms with Gasteiger partial charge in [-0.3, -0.25) is 9.78 Å². The molecule has 0 N–H and O–H groups in total. The maximum Gasteiger partial charge on any atom is 0.232 e. The molecule has 3 aromatic rings. The lowest BCUT2D eigenvalue weighted by atomic mass is 9.81. The minimum absolute atomic E-state index is 0.00826. The van der Waals surface area contributed by atoms with E-state index in [9.17, 15) is 17.6 Å². The number of hydrogen-bond acceptors (Lipinski definition) is 8. The molecule has 1 aromatic carbocycles. The summed E-state index contributed by atoms with van der Waals surface area (Å²) in [4.78, 5) is 29.8. The van der Waals surface area contributed by atoms with Crippen LogP contribution >= 0.6 is 0 Å². The monoisotopic (exact) mass is 498 g/mol. The smallest absolute Gasteiger partial charge is 0.232 e. The van der Waals surface area contributed by atoms with Crippen LogP contribution in [0.25, 0.3) is 11.3 Å². The first kappa shape index (κ1) is 24.8. The SMILES string of the molecule is CCOc1cncc(-c2ccc(CC(=O)C(C)(C)c3nc(CS(=O)(=O)C4CC4)ncc3F)cc2)n1. The lowest BCUT2D eigenvalue weighted by Crippen LogP contribution is -2.33. The number of ketones is 1. The summed E-state index contributed by atoms with van der Waals surface area (Å²) in [6.45, 7) is 5.53. The molecule has 0 unspecified atom stereocenters. The van der Waals surface area contributed by atoms with Gasteiger partial charge in [-0.1, -0.05) is 24.3 Å². The van der Waals surface area contributed by atoms with Crippen molar-refractivity contribution < 1.29 is 22.3 Å². The molecule has 0 radical (unpaired) electrons. The number of ether oxygens (including phenoxy) is 1. The van der Waals surface area contributed by atoms with Crippen molar-refractivity contribution in [2.75, 3.05) is 6.61 Å². The summed E-state index contributed by atoms with van der Waals surface area (Å²) in [6.07, 6.45) is 5.43. The highest BCUT2D eigenvalue weighted by atomic mass is 32.2. The van der Waals surface area contributed by atoms with Crippen LogP contribution in [-0.2, 0) is 32.2 Å². The molecule has 2 heterocycles. The van der Waals surface area contributed by atoms with Crippen LogP contribution in [0.5, 0.6) is 5.88 Å². The number of carbonyl (C=O) groups excluding carboxylic acids is 1. The van der Waals surface area contributed by atoms with Crippen LogP contribution in [0.15, 0.2) is 42.9 Å². The van der Waals surface area contributed by atoms with Gasteiger partial charge in [-0.15, -0.1) is 0 Å². The van der Waals surface area contributed by atoms with Crippen LogP contribution in [-0.4, -0.2) is 46.0 Å². The molecule has 1 aliphatic carbocycles. The molecule has 1 saturated carbocycles. The first-order chi connectivity index (χ1) is 16.6. The van der Waals surface area contributed by atoms with E-state index in [1.165, 1.54) is 0 Å². The largest absolute Gasteiger partial charge is 0.477 e. The summed E-state index contributed by atoms with van der Waals surface area (Å²) in [5.74, 6) is -0.906. The number of hydrogen-bond donors (Lipinski definition) is 0. The van der Waals surface area contributed by atoms with E-state index in [2.05, 4.69) is 19.9 Å². The van der Waals surface area contributed by atoms with Crippen molar-refractivity contribution in [3.8, 4) is 17.1 Å². The van der Waals surface area contributed by atoms with Crippen LogP contribution in [0.1, 0.15) is 50.7 Å². The van der Waals surface area contributed by atoms with E-state index >= 15 is 0 Å². The quantitative estimate of drug-likeness (QED) is 0.416. The lowest BCUT2D eigenvalue weighted by molar-refractivity contribution is -0.123. The second kappa shape index (κ2) is 9.77. The van der Waals surface area contributed by atoms with E-state index in [-0.39, 0.29) is 34.7 Å². The molecule has 1 fully saturated rings. The maximum absolute atomic E-state index is 14.6. The molecule has 0 atom stereocenters. The molecule has 184 valence electrons. The highest BCUT2D eigenvalue weighted by Crippen LogP contribution is 2.31. The molecule has 0 bridgehead atoms. The highest BCUT2D eigenvalue weighted by Gasteiger charge is 2.38. The Balaban J connectivity index is 1.50. The fourth-order valence-corrected chi connectivity index (χ4v) is 5.26. The van der Waals surface area contributed by atoms with Crippen LogP contribution in [0.2, 0.25) is 0 Å². The molecular formula is C25H27FN4O4S. The summed E-state index contributed by atoms with van der Waals surface area (Å²) < 4.78 is 44.7. The molecule has 35 heavy (non-hydrogen) atoms. The van der Waals surface area contributed by atoms with Gasteiger partial charge in [-0.05, 0) is 39.2 Å². The van der Waals surface area contributed by atoms with E-state index in [0.29, 0.717) is 31.0 Å². The van der Waals surface area contributed by atoms with Gasteiger partial charge in [0.15, 0.2) is 15.7 Å². The number of benzene rings is 1. The molecule has 1 aliphatic rings. The van der Waals surface area contributed by atoms with Gasteiger partial charge in [0.1, 0.15) is 17.4 Å². The van der Waals surface area contributed by atoms with Crippen LogP contribution in [0, 0.1) is 5.82 Å². The Bertz CT molecular complexity index is 1340. The first-order valence-electron chi connectivity index (χ1n) is 11.4. The molecular weight excluding hydrogens is 471 g/mol. The summed E-state index contributed by atoms with van der Waals surface area (Å²) >= 11 is 0. The number of carbonyl (C=O) groups is 1. The maximum atomic E-state index is 14.6. The average molecular weight is 499 g/mol. The lowest BCUT2D eigenvalue weighted by Gasteiger charge is -2.23. The second-order valence-corrected chi connectivity index (χ2v) is 11.4. The van der Waals surface area contributed by atoms with Crippen LogP contribution < -0.4 is 4.74 Å². The number of nitrogens with zero attached hydrogens (tertiary/aromatic N) is 4. The molecule has 10 heteroatoms. The van der Waals surface area contributed by atoms with Gasteiger partial charge in [-0.25, -0.2) is 27.8 Å². The second-order valence-electron chi connectivity index (χ2n) is 9.09. The van der Waals surface area contributed by atoms with Gasteiger partial charge < -0.3 is 4.74 Å². The van der Waals surface area contributed by atoms with Crippen LogP contribution in [0.4, 0.5) is 4.39 Å². The molecule has 0 aliphatic heterocycles. The zero-order valence-corrected chi connectivity index (χ0v) is 20.7. The number of sulfone groups is 1. The molecule has 8 nitrogen and oxygen atoms in total. The molecule has 2 aromatic heterocycles. The predicted octanol–water partition coefficient (Wildman–Crippen LogP) is 3.64. The Hall–Kier alpha value is -3.27. The van der Waals surface area contributed by atoms with Crippen molar-refractivity contribution in [2.24, 2.45) is 0 Å². The number of rotatable bonds is 10. The average Bonchev–Trinajstić information content (AvgIpc) is 3.67.